The normalized spacial score (nSPS) is 27.9. The van der Waals surface area contributed by atoms with Gasteiger partial charge in [-0.25, -0.2) is 9.78 Å². The van der Waals surface area contributed by atoms with Crippen LogP contribution < -0.4 is 0 Å². The standard InChI is InChI=1S/C24H27NO4S/c1-12-11-17-20(16-8-9-18-15(13(16)2)7-6-10-27-18)19(14(3)25-22(17)30-12)21-23(26)29-24(4,5)28-21/h8-9,11,13,15,21H,6-7,10H2,1-5H3/t13-,15+,21+/m1/s1. The third kappa shape index (κ3) is 3.08. The first-order valence-corrected chi connectivity index (χ1v) is 11.4. The highest BCUT2D eigenvalue weighted by atomic mass is 32.1. The minimum absolute atomic E-state index is 0.277. The molecule has 0 radical (unpaired) electrons. The number of ether oxygens (including phenoxy) is 3. The molecule has 5 rings (SSSR count). The molecule has 0 spiro atoms. The summed E-state index contributed by atoms with van der Waals surface area (Å²) in [6.07, 6.45) is 5.69. The lowest BCUT2D eigenvalue weighted by atomic mass is 9.74. The zero-order valence-corrected chi connectivity index (χ0v) is 18.9. The number of thiophene rings is 1. The Morgan fingerprint density at radius 2 is 2.03 bits per heavy atom. The molecule has 158 valence electrons. The third-order valence-corrected chi connectivity index (χ3v) is 7.31. The van der Waals surface area contributed by atoms with Gasteiger partial charge >= 0.3 is 5.97 Å². The van der Waals surface area contributed by atoms with E-state index in [0.29, 0.717) is 5.92 Å². The molecule has 5 nitrogen and oxygen atoms in total. The summed E-state index contributed by atoms with van der Waals surface area (Å²) in [5.41, 5.74) is 3.96. The van der Waals surface area contributed by atoms with E-state index in [4.69, 9.17) is 19.2 Å². The minimum Gasteiger partial charge on any atom is -0.498 e. The monoisotopic (exact) mass is 425 g/mol. The van der Waals surface area contributed by atoms with Gasteiger partial charge in [-0.2, -0.15) is 0 Å². The highest BCUT2D eigenvalue weighted by Crippen LogP contribution is 2.48. The van der Waals surface area contributed by atoms with Crippen molar-refractivity contribution in [2.45, 2.75) is 59.4 Å². The van der Waals surface area contributed by atoms with Crippen LogP contribution in [0.15, 0.2) is 24.0 Å². The van der Waals surface area contributed by atoms with Gasteiger partial charge in [0.05, 0.1) is 12.4 Å². The Bertz CT molecular complexity index is 1110. The molecule has 0 saturated carbocycles. The van der Waals surface area contributed by atoms with Crippen molar-refractivity contribution in [3.8, 4) is 0 Å². The van der Waals surface area contributed by atoms with Crippen molar-refractivity contribution in [3.63, 3.8) is 0 Å². The van der Waals surface area contributed by atoms with E-state index in [0.717, 1.165) is 52.2 Å². The fourth-order valence-electron chi connectivity index (χ4n) is 5.03. The van der Waals surface area contributed by atoms with Gasteiger partial charge in [-0.1, -0.05) is 13.0 Å². The highest BCUT2D eigenvalue weighted by Gasteiger charge is 2.45. The first-order chi connectivity index (χ1) is 14.2. The van der Waals surface area contributed by atoms with Gasteiger partial charge in [-0.05, 0) is 55.9 Å². The van der Waals surface area contributed by atoms with Gasteiger partial charge in [-0.15, -0.1) is 11.3 Å². The van der Waals surface area contributed by atoms with E-state index in [1.807, 2.05) is 6.92 Å². The molecule has 6 heteroatoms. The first kappa shape index (κ1) is 19.8. The molecule has 30 heavy (non-hydrogen) atoms. The molecule has 0 unspecified atom stereocenters. The topological polar surface area (TPSA) is 57.7 Å². The summed E-state index contributed by atoms with van der Waals surface area (Å²) in [6.45, 7) is 10.7. The van der Waals surface area contributed by atoms with Crippen LogP contribution in [-0.2, 0) is 19.0 Å². The van der Waals surface area contributed by atoms with E-state index in [-0.39, 0.29) is 11.9 Å². The number of aryl methyl sites for hydroxylation is 2. The van der Waals surface area contributed by atoms with Gasteiger partial charge in [-0.3, -0.25) is 0 Å². The van der Waals surface area contributed by atoms with Crippen LogP contribution in [0, 0.1) is 25.7 Å². The molecule has 2 fully saturated rings. The summed E-state index contributed by atoms with van der Waals surface area (Å²) in [5.74, 6) is 0.434. The van der Waals surface area contributed by atoms with Gasteiger partial charge in [0.1, 0.15) is 4.83 Å². The first-order valence-electron chi connectivity index (χ1n) is 10.6. The number of hydrogen-bond acceptors (Lipinski definition) is 6. The smallest absolute Gasteiger partial charge is 0.342 e. The van der Waals surface area contributed by atoms with Crippen LogP contribution in [-0.4, -0.2) is 23.3 Å². The van der Waals surface area contributed by atoms with Crippen molar-refractivity contribution in [2.24, 2.45) is 11.8 Å². The van der Waals surface area contributed by atoms with E-state index in [1.165, 1.54) is 10.5 Å². The quantitative estimate of drug-likeness (QED) is 0.586. The SMILES string of the molecule is Cc1cc2c(C3=CC=C4OCCC[C@H]4[C@H]3C)c([C@@H]3OC(C)(C)OC3=O)c(C)nc2s1. The zero-order chi connectivity index (χ0) is 21.2. The average Bonchev–Trinajstić information content (AvgIpc) is 3.18. The highest BCUT2D eigenvalue weighted by molar-refractivity contribution is 7.18. The Hall–Kier alpha value is -2.18. The fraction of sp³-hybridized carbons (Fsp3) is 0.500. The van der Waals surface area contributed by atoms with Crippen molar-refractivity contribution in [2.75, 3.05) is 6.61 Å². The molecule has 0 aromatic carbocycles. The summed E-state index contributed by atoms with van der Waals surface area (Å²) in [7, 11) is 0. The molecule has 2 aromatic heterocycles. The third-order valence-electron chi connectivity index (χ3n) is 6.36. The van der Waals surface area contributed by atoms with Crippen molar-refractivity contribution in [3.05, 3.63) is 45.7 Å². The Morgan fingerprint density at radius 1 is 1.23 bits per heavy atom. The minimum atomic E-state index is -0.943. The predicted octanol–water partition coefficient (Wildman–Crippen LogP) is 5.61. The van der Waals surface area contributed by atoms with Gasteiger partial charge in [0, 0.05) is 41.3 Å². The maximum atomic E-state index is 12.8. The molecule has 2 saturated heterocycles. The number of hydrogen-bond donors (Lipinski definition) is 0. The Balaban J connectivity index is 1.75. The molecule has 0 N–H and O–H groups in total. The maximum absolute atomic E-state index is 12.8. The Labute approximate surface area is 180 Å². The van der Waals surface area contributed by atoms with Crippen LogP contribution in [0.2, 0.25) is 0 Å². The molecule has 2 aromatic rings. The Morgan fingerprint density at radius 3 is 2.77 bits per heavy atom. The molecule has 2 aliphatic heterocycles. The zero-order valence-electron chi connectivity index (χ0n) is 18.1. The summed E-state index contributed by atoms with van der Waals surface area (Å²) in [4.78, 5) is 19.9. The number of nitrogens with zero attached hydrogens (tertiary/aromatic N) is 1. The van der Waals surface area contributed by atoms with Gasteiger partial charge in [0.25, 0.3) is 0 Å². The molecule has 0 amide bonds. The van der Waals surface area contributed by atoms with Crippen LogP contribution in [0.4, 0.5) is 0 Å². The van der Waals surface area contributed by atoms with E-state index in [2.05, 4.69) is 32.1 Å². The molecule has 3 atom stereocenters. The van der Waals surface area contributed by atoms with Crippen molar-refractivity contribution >= 4 is 33.1 Å². The fourth-order valence-corrected chi connectivity index (χ4v) is 5.96. The summed E-state index contributed by atoms with van der Waals surface area (Å²) in [6, 6.07) is 2.18. The molecular weight excluding hydrogens is 398 g/mol. The van der Waals surface area contributed by atoms with Crippen molar-refractivity contribution in [1.82, 2.24) is 4.98 Å². The lowest BCUT2D eigenvalue weighted by molar-refractivity contribution is -0.160. The molecule has 4 heterocycles. The maximum Gasteiger partial charge on any atom is 0.342 e. The van der Waals surface area contributed by atoms with Crippen LogP contribution >= 0.6 is 11.3 Å². The van der Waals surface area contributed by atoms with E-state index >= 15 is 0 Å². The van der Waals surface area contributed by atoms with Gasteiger partial charge < -0.3 is 14.2 Å². The van der Waals surface area contributed by atoms with E-state index < -0.39 is 11.9 Å². The molecule has 0 bridgehead atoms. The predicted molar refractivity (Wildman–Crippen MR) is 117 cm³/mol. The number of esters is 1. The summed E-state index contributed by atoms with van der Waals surface area (Å²) in [5, 5.41) is 1.09. The van der Waals surface area contributed by atoms with Crippen molar-refractivity contribution < 1.29 is 19.0 Å². The summed E-state index contributed by atoms with van der Waals surface area (Å²) < 4.78 is 17.5. The summed E-state index contributed by atoms with van der Waals surface area (Å²) >= 11 is 1.68. The number of carbonyl (C=O) groups is 1. The van der Waals surface area contributed by atoms with Crippen molar-refractivity contribution in [1.29, 1.82) is 0 Å². The lowest BCUT2D eigenvalue weighted by Gasteiger charge is -2.35. The second kappa shape index (κ2) is 6.92. The van der Waals surface area contributed by atoms with Crippen LogP contribution in [0.1, 0.15) is 61.4 Å². The van der Waals surface area contributed by atoms with Crippen LogP contribution in [0.5, 0.6) is 0 Å². The number of rotatable bonds is 2. The largest absolute Gasteiger partial charge is 0.498 e. The van der Waals surface area contributed by atoms with Gasteiger partial charge in [0.15, 0.2) is 6.10 Å². The molecular formula is C24H27NO4S. The second-order valence-corrected chi connectivity index (χ2v) is 10.2. The number of pyridine rings is 1. The molecule has 3 aliphatic rings. The number of cyclic esters (lactones) is 1. The number of fused-ring (bicyclic) bond motifs is 2. The number of aromatic nitrogens is 1. The molecule has 1 aliphatic carbocycles. The Kier molecular flexibility index (Phi) is 4.56. The number of allylic oxidation sites excluding steroid dienone is 4. The average molecular weight is 426 g/mol. The van der Waals surface area contributed by atoms with E-state index in [1.54, 1.807) is 25.2 Å². The lowest BCUT2D eigenvalue weighted by Crippen LogP contribution is -2.26. The van der Waals surface area contributed by atoms with Crippen LogP contribution in [0.25, 0.3) is 15.8 Å². The number of carbonyl (C=O) groups excluding carboxylic acids is 1. The van der Waals surface area contributed by atoms with Crippen LogP contribution in [0.3, 0.4) is 0 Å². The van der Waals surface area contributed by atoms with Gasteiger partial charge in [0.2, 0.25) is 5.79 Å². The van der Waals surface area contributed by atoms with E-state index in [9.17, 15) is 4.79 Å². The second-order valence-electron chi connectivity index (χ2n) is 8.96.